The Morgan fingerprint density at radius 2 is 1.67 bits per heavy atom. The number of rotatable bonds is 5. The quantitative estimate of drug-likeness (QED) is 0.683. The Balaban J connectivity index is 0.000000826. The van der Waals surface area contributed by atoms with Crippen LogP contribution in [0.15, 0.2) is 30.3 Å². The second-order valence-electron chi connectivity index (χ2n) is 7.30. The molecular weight excluding hydrogens is 380 g/mol. The van der Waals surface area contributed by atoms with E-state index in [9.17, 15) is 14.4 Å². The summed E-state index contributed by atoms with van der Waals surface area (Å²) in [6.07, 6.45) is 4.13. The lowest BCUT2D eigenvalue weighted by Gasteiger charge is -2.37. The minimum Gasteiger partial charge on any atom is -0.350 e. The fraction of sp³-hybridized carbons (Fsp3) is 0.609. The molecule has 1 aromatic carbocycles. The fourth-order valence-corrected chi connectivity index (χ4v) is 3.71. The van der Waals surface area contributed by atoms with Crippen molar-refractivity contribution in [3.05, 3.63) is 35.9 Å². The minimum absolute atomic E-state index is 0.0889. The third-order valence-corrected chi connectivity index (χ3v) is 4.98. The number of nitrogens with zero attached hydrogens (tertiary/aromatic N) is 1. The van der Waals surface area contributed by atoms with Gasteiger partial charge in [-0.1, -0.05) is 64.4 Å². The van der Waals surface area contributed by atoms with Crippen LogP contribution in [0.4, 0.5) is 0 Å². The molecule has 7 nitrogen and oxygen atoms in total. The van der Waals surface area contributed by atoms with Crippen molar-refractivity contribution in [1.29, 1.82) is 0 Å². The molecule has 3 rings (SSSR count). The third-order valence-electron chi connectivity index (χ3n) is 4.98. The fourth-order valence-electron chi connectivity index (χ4n) is 3.71. The van der Waals surface area contributed by atoms with E-state index in [2.05, 4.69) is 24.5 Å². The predicted molar refractivity (Wildman–Crippen MR) is 119 cm³/mol. The monoisotopic (exact) mass is 418 g/mol. The molecule has 2 aliphatic rings. The molecule has 3 atom stereocenters. The summed E-state index contributed by atoms with van der Waals surface area (Å²) < 4.78 is 0. The lowest BCUT2D eigenvalue weighted by molar-refractivity contribution is -0.146. The largest absolute Gasteiger partial charge is 0.350 e. The van der Waals surface area contributed by atoms with Crippen LogP contribution in [0.25, 0.3) is 0 Å². The predicted octanol–water partition coefficient (Wildman–Crippen LogP) is 2.34. The third kappa shape index (κ3) is 7.13. The molecule has 3 unspecified atom stereocenters. The highest BCUT2D eigenvalue weighted by atomic mass is 16.2. The van der Waals surface area contributed by atoms with E-state index in [0.29, 0.717) is 19.4 Å². The van der Waals surface area contributed by atoms with Crippen molar-refractivity contribution in [3.8, 4) is 0 Å². The highest BCUT2D eigenvalue weighted by molar-refractivity contribution is 5.93. The first-order chi connectivity index (χ1) is 14.5. The molecule has 0 radical (unpaired) electrons. The zero-order chi connectivity index (χ0) is 22.5. The standard InChI is InChI=1S/C18H24N4O3.C3H8.C2H6/c19-10-16(23)21-14-8-6-13-7-9-15(22(13)18(14)25)17(24)20-11-12-4-2-1-3-5-12;1-3-2;1-2/h1-5,13-15H,6-11,19H2,(H,20,24)(H,21,23);3H2,1-2H3;1-2H3. The summed E-state index contributed by atoms with van der Waals surface area (Å²) in [5.74, 6) is -0.651. The second kappa shape index (κ2) is 13.7. The molecule has 0 spiro atoms. The molecule has 1 aromatic rings. The van der Waals surface area contributed by atoms with Crippen LogP contribution in [-0.4, -0.2) is 47.3 Å². The van der Waals surface area contributed by atoms with Gasteiger partial charge in [0.1, 0.15) is 12.1 Å². The molecule has 4 N–H and O–H groups in total. The average molecular weight is 419 g/mol. The van der Waals surface area contributed by atoms with Gasteiger partial charge in [-0.25, -0.2) is 0 Å². The van der Waals surface area contributed by atoms with Gasteiger partial charge in [0, 0.05) is 12.6 Å². The summed E-state index contributed by atoms with van der Waals surface area (Å²) in [7, 11) is 0. The summed E-state index contributed by atoms with van der Waals surface area (Å²) in [5.41, 5.74) is 6.33. The van der Waals surface area contributed by atoms with Crippen LogP contribution in [0, 0.1) is 0 Å². The van der Waals surface area contributed by atoms with Gasteiger partial charge in [-0.05, 0) is 31.2 Å². The molecule has 0 bridgehead atoms. The number of piperidine rings is 1. The second-order valence-corrected chi connectivity index (χ2v) is 7.30. The molecule has 0 aliphatic carbocycles. The van der Waals surface area contributed by atoms with E-state index in [1.54, 1.807) is 4.90 Å². The minimum atomic E-state index is -0.574. The number of carbonyl (C=O) groups is 3. The number of fused-ring (bicyclic) bond motifs is 1. The van der Waals surface area contributed by atoms with Crippen LogP contribution >= 0.6 is 0 Å². The number of hydrogen-bond acceptors (Lipinski definition) is 4. The van der Waals surface area contributed by atoms with Crippen molar-refractivity contribution in [2.45, 2.75) is 84.5 Å². The molecule has 2 heterocycles. The van der Waals surface area contributed by atoms with Crippen molar-refractivity contribution in [1.82, 2.24) is 15.5 Å². The molecular formula is C23H38N4O3. The van der Waals surface area contributed by atoms with E-state index in [1.807, 2.05) is 44.2 Å². The van der Waals surface area contributed by atoms with E-state index in [1.165, 1.54) is 6.42 Å². The zero-order valence-corrected chi connectivity index (χ0v) is 18.8. The summed E-state index contributed by atoms with van der Waals surface area (Å²) >= 11 is 0. The maximum absolute atomic E-state index is 12.7. The van der Waals surface area contributed by atoms with Crippen molar-refractivity contribution < 1.29 is 14.4 Å². The van der Waals surface area contributed by atoms with E-state index in [0.717, 1.165) is 18.4 Å². The number of carbonyl (C=O) groups excluding carboxylic acids is 3. The molecule has 3 amide bonds. The van der Waals surface area contributed by atoms with Crippen molar-refractivity contribution in [2.24, 2.45) is 5.73 Å². The molecule has 2 aliphatic heterocycles. The lowest BCUT2D eigenvalue weighted by atomic mass is 9.98. The summed E-state index contributed by atoms with van der Waals surface area (Å²) in [4.78, 5) is 38.5. The zero-order valence-electron chi connectivity index (χ0n) is 18.8. The first kappa shape index (κ1) is 25.6. The van der Waals surface area contributed by atoms with Gasteiger partial charge in [0.25, 0.3) is 0 Å². The van der Waals surface area contributed by atoms with Crippen LogP contribution in [0.3, 0.4) is 0 Å². The molecule has 168 valence electrons. The molecule has 0 saturated carbocycles. The van der Waals surface area contributed by atoms with E-state index < -0.39 is 12.1 Å². The normalized spacial score (nSPS) is 22.0. The van der Waals surface area contributed by atoms with Gasteiger partial charge >= 0.3 is 0 Å². The van der Waals surface area contributed by atoms with Gasteiger partial charge < -0.3 is 21.3 Å². The van der Waals surface area contributed by atoms with Gasteiger partial charge in [-0.2, -0.15) is 0 Å². The van der Waals surface area contributed by atoms with Crippen LogP contribution in [0.1, 0.15) is 65.4 Å². The van der Waals surface area contributed by atoms with Crippen LogP contribution in [-0.2, 0) is 20.9 Å². The lowest BCUT2D eigenvalue weighted by Crippen LogP contribution is -2.59. The SMILES string of the molecule is CC.CCC.NCC(=O)NC1CCC2CCC(C(=O)NCc3ccccc3)N2C1=O. The first-order valence-corrected chi connectivity index (χ1v) is 11.1. The summed E-state index contributed by atoms with van der Waals surface area (Å²) in [5, 5.41) is 5.58. The number of amides is 3. The highest BCUT2D eigenvalue weighted by Crippen LogP contribution is 2.32. The van der Waals surface area contributed by atoms with Gasteiger partial charge in [0.15, 0.2) is 0 Å². The molecule has 30 heavy (non-hydrogen) atoms. The Morgan fingerprint density at radius 3 is 2.27 bits per heavy atom. The van der Waals surface area contributed by atoms with Gasteiger partial charge in [-0.3, -0.25) is 14.4 Å². The summed E-state index contributed by atoms with van der Waals surface area (Å²) in [6, 6.07) is 8.72. The topological polar surface area (TPSA) is 105 Å². The Kier molecular flexibility index (Phi) is 11.7. The number of benzene rings is 1. The maximum atomic E-state index is 12.7. The van der Waals surface area contributed by atoms with Crippen LogP contribution in [0.5, 0.6) is 0 Å². The number of nitrogens with one attached hydrogen (secondary N) is 2. The number of hydrogen-bond donors (Lipinski definition) is 3. The van der Waals surface area contributed by atoms with Crippen molar-refractivity contribution >= 4 is 17.7 Å². The average Bonchev–Trinajstić information content (AvgIpc) is 3.21. The van der Waals surface area contributed by atoms with Gasteiger partial charge in [0.05, 0.1) is 6.54 Å². The van der Waals surface area contributed by atoms with Gasteiger partial charge in [0.2, 0.25) is 17.7 Å². The van der Waals surface area contributed by atoms with E-state index in [-0.39, 0.29) is 30.3 Å². The van der Waals surface area contributed by atoms with E-state index in [4.69, 9.17) is 5.73 Å². The molecule has 2 saturated heterocycles. The number of nitrogens with two attached hydrogens (primary N) is 1. The van der Waals surface area contributed by atoms with Crippen LogP contribution < -0.4 is 16.4 Å². The highest BCUT2D eigenvalue weighted by Gasteiger charge is 2.46. The maximum Gasteiger partial charge on any atom is 0.246 e. The van der Waals surface area contributed by atoms with E-state index >= 15 is 0 Å². The van der Waals surface area contributed by atoms with Crippen LogP contribution in [0.2, 0.25) is 0 Å². The first-order valence-electron chi connectivity index (χ1n) is 11.1. The van der Waals surface area contributed by atoms with Gasteiger partial charge in [-0.15, -0.1) is 0 Å². The Hall–Kier alpha value is -2.41. The molecule has 0 aromatic heterocycles. The molecule has 7 heteroatoms. The smallest absolute Gasteiger partial charge is 0.246 e. The summed E-state index contributed by atoms with van der Waals surface area (Å²) in [6.45, 7) is 8.55. The Bertz CT molecular complexity index is 666. The molecule has 2 fully saturated rings. The Morgan fingerprint density at radius 1 is 1.07 bits per heavy atom. The van der Waals surface area contributed by atoms with Crippen molar-refractivity contribution in [3.63, 3.8) is 0 Å². The Labute approximate surface area is 180 Å². The van der Waals surface area contributed by atoms with Crippen molar-refractivity contribution in [2.75, 3.05) is 6.54 Å².